The van der Waals surface area contributed by atoms with Crippen LogP contribution in [0.15, 0.2) is 66.9 Å². The number of benzene rings is 2. The van der Waals surface area contributed by atoms with E-state index in [1.54, 1.807) is 6.20 Å². The van der Waals surface area contributed by atoms with Crippen LogP contribution in [0.2, 0.25) is 0 Å². The molecule has 1 amide bonds. The minimum Gasteiger partial charge on any atom is -0.385 e. The van der Waals surface area contributed by atoms with Crippen LogP contribution in [0.4, 0.5) is 0 Å². The molecule has 1 N–H and O–H groups in total. The van der Waals surface area contributed by atoms with Crippen molar-refractivity contribution in [1.29, 1.82) is 0 Å². The highest BCUT2D eigenvalue weighted by atomic mass is 16.3. The Bertz CT molecular complexity index is 1040. The zero-order valence-corrected chi connectivity index (χ0v) is 16.5. The number of amides is 1. The van der Waals surface area contributed by atoms with Gasteiger partial charge in [-0.3, -0.25) is 9.78 Å². The fourth-order valence-electron chi connectivity index (χ4n) is 5.37. The predicted molar refractivity (Wildman–Crippen MR) is 113 cm³/mol. The molecule has 29 heavy (non-hydrogen) atoms. The lowest BCUT2D eigenvalue weighted by Crippen LogP contribution is -2.59. The lowest BCUT2D eigenvalue weighted by atomic mass is 9.66. The van der Waals surface area contributed by atoms with Crippen molar-refractivity contribution in [2.75, 3.05) is 6.54 Å². The molecule has 0 spiro atoms. The molecule has 5 rings (SSSR count). The van der Waals surface area contributed by atoms with Gasteiger partial charge in [-0.25, -0.2) is 0 Å². The van der Waals surface area contributed by atoms with Crippen LogP contribution in [0, 0.1) is 5.92 Å². The molecule has 1 saturated carbocycles. The minimum absolute atomic E-state index is 0.0113. The van der Waals surface area contributed by atoms with E-state index in [0.29, 0.717) is 18.7 Å². The molecule has 1 aliphatic carbocycles. The molecule has 4 nitrogen and oxygen atoms in total. The molecule has 2 heterocycles. The highest BCUT2D eigenvalue weighted by Gasteiger charge is 2.50. The van der Waals surface area contributed by atoms with Gasteiger partial charge in [-0.05, 0) is 36.3 Å². The van der Waals surface area contributed by atoms with Crippen molar-refractivity contribution >= 4 is 16.7 Å². The van der Waals surface area contributed by atoms with Gasteiger partial charge in [0.05, 0.1) is 5.60 Å². The molecule has 2 aliphatic rings. The Kier molecular flexibility index (Phi) is 4.59. The largest absolute Gasteiger partial charge is 0.385 e. The van der Waals surface area contributed by atoms with Gasteiger partial charge in [-0.2, -0.15) is 0 Å². The number of pyridine rings is 1. The third-order valence-electron chi connectivity index (χ3n) is 6.86. The van der Waals surface area contributed by atoms with Crippen LogP contribution in [0.1, 0.15) is 48.2 Å². The number of rotatable bonds is 2. The molecular formula is C25H26N2O2. The first-order valence-electron chi connectivity index (χ1n) is 10.6. The van der Waals surface area contributed by atoms with Gasteiger partial charge in [0.2, 0.25) is 0 Å². The summed E-state index contributed by atoms with van der Waals surface area (Å²) >= 11 is 0. The van der Waals surface area contributed by atoms with Crippen molar-refractivity contribution in [2.24, 2.45) is 5.92 Å². The number of carbonyl (C=O) groups excluding carboxylic acids is 1. The number of fused-ring (bicyclic) bond motifs is 2. The summed E-state index contributed by atoms with van der Waals surface area (Å²) in [5, 5.41) is 13.8. The topological polar surface area (TPSA) is 53.4 Å². The molecule has 4 heteroatoms. The molecule has 0 radical (unpaired) electrons. The number of piperidine rings is 1. The van der Waals surface area contributed by atoms with Crippen molar-refractivity contribution in [3.8, 4) is 0 Å². The molecule has 1 saturated heterocycles. The summed E-state index contributed by atoms with van der Waals surface area (Å²) in [4.78, 5) is 19.9. The number of nitrogens with zero attached hydrogens (tertiary/aromatic N) is 2. The van der Waals surface area contributed by atoms with Gasteiger partial charge >= 0.3 is 0 Å². The summed E-state index contributed by atoms with van der Waals surface area (Å²) in [5.74, 6) is 0.0552. The standard InChI is InChI=1S/C25H26N2O2/c28-24(22-16-18-8-4-5-9-19(18)17-26-22)27-15-14-25(29,20-10-2-1-3-11-20)21-12-6-7-13-23(21)27/h1-5,8-11,16-17,21,23,29H,6-7,12-15H2. The Morgan fingerprint density at radius 1 is 1.00 bits per heavy atom. The quantitative estimate of drug-likeness (QED) is 0.704. The zero-order chi connectivity index (χ0) is 19.8. The monoisotopic (exact) mass is 386 g/mol. The van der Waals surface area contributed by atoms with Gasteiger partial charge in [0.15, 0.2) is 0 Å². The van der Waals surface area contributed by atoms with Crippen molar-refractivity contribution in [1.82, 2.24) is 9.88 Å². The average Bonchev–Trinajstić information content (AvgIpc) is 2.79. The van der Waals surface area contributed by atoms with E-state index in [0.717, 1.165) is 42.0 Å². The first-order valence-corrected chi connectivity index (χ1v) is 10.6. The first kappa shape index (κ1) is 18.3. The lowest BCUT2D eigenvalue weighted by Gasteiger charge is -2.52. The Hall–Kier alpha value is -2.72. The first-order chi connectivity index (χ1) is 14.2. The van der Waals surface area contributed by atoms with E-state index in [9.17, 15) is 9.90 Å². The van der Waals surface area contributed by atoms with Gasteiger partial charge in [0.25, 0.3) is 5.91 Å². The van der Waals surface area contributed by atoms with Crippen LogP contribution in [0.25, 0.3) is 10.8 Å². The molecule has 2 aromatic carbocycles. The van der Waals surface area contributed by atoms with E-state index in [2.05, 4.69) is 4.98 Å². The number of hydrogen-bond acceptors (Lipinski definition) is 3. The SMILES string of the molecule is O=C(c1cc2ccccc2cn1)N1CCC(O)(c2ccccc2)C2CCCCC21. The lowest BCUT2D eigenvalue weighted by molar-refractivity contribution is -0.110. The molecule has 3 atom stereocenters. The summed E-state index contributed by atoms with van der Waals surface area (Å²) in [6.07, 6.45) is 6.44. The summed E-state index contributed by atoms with van der Waals surface area (Å²) in [5.41, 5.74) is 0.617. The maximum Gasteiger partial charge on any atom is 0.272 e. The average molecular weight is 386 g/mol. The predicted octanol–water partition coefficient (Wildman–Crippen LogP) is 4.53. The van der Waals surface area contributed by atoms with Gasteiger partial charge in [0, 0.05) is 30.1 Å². The van der Waals surface area contributed by atoms with E-state index >= 15 is 0 Å². The van der Waals surface area contributed by atoms with E-state index in [-0.39, 0.29) is 17.9 Å². The van der Waals surface area contributed by atoms with Crippen LogP contribution in [-0.2, 0) is 5.60 Å². The molecule has 2 fully saturated rings. The van der Waals surface area contributed by atoms with E-state index < -0.39 is 5.60 Å². The fourth-order valence-corrected chi connectivity index (χ4v) is 5.37. The molecule has 148 valence electrons. The second kappa shape index (κ2) is 7.27. The number of aliphatic hydroxyl groups is 1. The minimum atomic E-state index is -0.861. The molecular weight excluding hydrogens is 360 g/mol. The third-order valence-corrected chi connectivity index (χ3v) is 6.86. The molecule has 3 unspecified atom stereocenters. The molecule has 1 aromatic heterocycles. The van der Waals surface area contributed by atoms with E-state index in [1.165, 1.54) is 0 Å². The van der Waals surface area contributed by atoms with Crippen molar-refractivity contribution < 1.29 is 9.90 Å². The normalized spacial score (nSPS) is 26.9. The smallest absolute Gasteiger partial charge is 0.272 e. The second-order valence-electron chi connectivity index (χ2n) is 8.41. The van der Waals surface area contributed by atoms with Gasteiger partial charge in [-0.15, -0.1) is 0 Å². The van der Waals surface area contributed by atoms with Crippen LogP contribution < -0.4 is 0 Å². The van der Waals surface area contributed by atoms with E-state index in [1.807, 2.05) is 65.6 Å². The highest BCUT2D eigenvalue weighted by Crippen LogP contribution is 2.47. The summed E-state index contributed by atoms with van der Waals surface area (Å²) in [7, 11) is 0. The van der Waals surface area contributed by atoms with Gasteiger partial charge in [-0.1, -0.05) is 67.4 Å². The van der Waals surface area contributed by atoms with Gasteiger partial charge < -0.3 is 10.0 Å². The summed E-state index contributed by atoms with van der Waals surface area (Å²) in [6.45, 7) is 0.555. The van der Waals surface area contributed by atoms with Crippen LogP contribution in [0.5, 0.6) is 0 Å². The summed E-state index contributed by atoms with van der Waals surface area (Å²) in [6, 6.07) is 19.9. The number of aromatic nitrogens is 1. The van der Waals surface area contributed by atoms with E-state index in [4.69, 9.17) is 0 Å². The molecule has 3 aromatic rings. The molecule has 0 bridgehead atoms. The van der Waals surface area contributed by atoms with Crippen molar-refractivity contribution in [2.45, 2.75) is 43.7 Å². The third kappa shape index (κ3) is 3.12. The number of hydrogen-bond donors (Lipinski definition) is 1. The summed E-state index contributed by atoms with van der Waals surface area (Å²) < 4.78 is 0. The number of likely N-dealkylation sites (tertiary alicyclic amines) is 1. The highest BCUT2D eigenvalue weighted by molar-refractivity contribution is 5.96. The van der Waals surface area contributed by atoms with Crippen molar-refractivity contribution in [3.63, 3.8) is 0 Å². The second-order valence-corrected chi connectivity index (χ2v) is 8.41. The van der Waals surface area contributed by atoms with Crippen LogP contribution >= 0.6 is 0 Å². The van der Waals surface area contributed by atoms with Crippen LogP contribution in [0.3, 0.4) is 0 Å². The Balaban J connectivity index is 1.47. The fraction of sp³-hybridized carbons (Fsp3) is 0.360. The Morgan fingerprint density at radius 2 is 1.72 bits per heavy atom. The number of carbonyl (C=O) groups is 1. The zero-order valence-electron chi connectivity index (χ0n) is 16.5. The van der Waals surface area contributed by atoms with Gasteiger partial charge in [0.1, 0.15) is 5.69 Å². The van der Waals surface area contributed by atoms with Crippen molar-refractivity contribution in [3.05, 3.63) is 78.1 Å². The maximum absolute atomic E-state index is 13.4. The Labute approximate surface area is 171 Å². The Morgan fingerprint density at radius 3 is 2.55 bits per heavy atom. The maximum atomic E-state index is 13.4. The van der Waals surface area contributed by atoms with Crippen LogP contribution in [-0.4, -0.2) is 33.5 Å². The molecule has 1 aliphatic heterocycles.